The van der Waals surface area contributed by atoms with E-state index in [4.69, 9.17) is 5.73 Å². The van der Waals surface area contributed by atoms with Crippen molar-refractivity contribution in [1.29, 1.82) is 0 Å². The van der Waals surface area contributed by atoms with Crippen LogP contribution in [0.25, 0.3) is 0 Å². The van der Waals surface area contributed by atoms with Crippen LogP contribution in [-0.2, 0) is 6.54 Å². The van der Waals surface area contributed by atoms with E-state index in [1.807, 2.05) is 0 Å². The smallest absolute Gasteiger partial charge is 0.203 e. The molecule has 0 atom stereocenters. The summed E-state index contributed by atoms with van der Waals surface area (Å²) < 4.78 is 0. The second-order valence-electron chi connectivity index (χ2n) is 5.63. The zero-order valence-electron chi connectivity index (χ0n) is 11.4. The molecule has 1 heterocycles. The lowest BCUT2D eigenvalue weighted by molar-refractivity contribution is 0.179. The van der Waals surface area contributed by atoms with Gasteiger partial charge < -0.3 is 5.73 Å². The van der Waals surface area contributed by atoms with Crippen LogP contribution in [0, 0.1) is 5.92 Å². The first-order valence-electron chi connectivity index (χ1n) is 6.97. The third-order valence-electron chi connectivity index (χ3n) is 3.66. The molecule has 1 fully saturated rings. The van der Waals surface area contributed by atoms with Crippen LogP contribution in [-0.4, -0.2) is 27.7 Å². The molecule has 0 aromatic carbocycles. The molecular formula is C13H24N4S. The average molecular weight is 268 g/mol. The zero-order valence-corrected chi connectivity index (χ0v) is 12.2. The minimum absolute atomic E-state index is 0.584. The molecule has 0 amide bonds. The predicted molar refractivity (Wildman–Crippen MR) is 76.4 cm³/mol. The molecule has 0 saturated heterocycles. The Morgan fingerprint density at radius 1 is 1.33 bits per heavy atom. The fourth-order valence-electron chi connectivity index (χ4n) is 2.59. The molecule has 102 valence electrons. The molecule has 18 heavy (non-hydrogen) atoms. The van der Waals surface area contributed by atoms with Crippen LogP contribution in [0.3, 0.4) is 0 Å². The predicted octanol–water partition coefficient (Wildman–Crippen LogP) is 2.91. The van der Waals surface area contributed by atoms with Gasteiger partial charge in [0.05, 0.1) is 6.54 Å². The molecule has 0 radical (unpaired) electrons. The fourth-order valence-corrected chi connectivity index (χ4v) is 3.22. The van der Waals surface area contributed by atoms with Gasteiger partial charge in [0.15, 0.2) is 0 Å². The largest absolute Gasteiger partial charge is 0.374 e. The SMILES string of the molecule is CC(C)CCN(Cc1nnc(N)s1)C1CCCC1. The number of hydrogen-bond acceptors (Lipinski definition) is 5. The quantitative estimate of drug-likeness (QED) is 0.862. The van der Waals surface area contributed by atoms with Crippen molar-refractivity contribution in [2.45, 2.75) is 58.5 Å². The van der Waals surface area contributed by atoms with Crippen LogP contribution < -0.4 is 5.73 Å². The van der Waals surface area contributed by atoms with Crippen LogP contribution in [0.2, 0.25) is 0 Å². The molecular weight excluding hydrogens is 244 g/mol. The van der Waals surface area contributed by atoms with Crippen molar-refractivity contribution in [3.63, 3.8) is 0 Å². The van der Waals surface area contributed by atoms with E-state index in [2.05, 4.69) is 28.9 Å². The van der Waals surface area contributed by atoms with Gasteiger partial charge in [0, 0.05) is 6.04 Å². The summed E-state index contributed by atoms with van der Waals surface area (Å²) in [5, 5.41) is 9.71. The molecule has 4 nitrogen and oxygen atoms in total. The van der Waals surface area contributed by atoms with E-state index < -0.39 is 0 Å². The van der Waals surface area contributed by atoms with Crippen LogP contribution in [0.1, 0.15) is 51.0 Å². The summed E-state index contributed by atoms with van der Waals surface area (Å²) >= 11 is 1.52. The molecule has 5 heteroatoms. The minimum atomic E-state index is 0.584. The number of nitrogen functional groups attached to an aromatic ring is 1. The first-order valence-corrected chi connectivity index (χ1v) is 7.78. The third-order valence-corrected chi connectivity index (χ3v) is 4.39. The van der Waals surface area contributed by atoms with Gasteiger partial charge in [0.1, 0.15) is 5.01 Å². The van der Waals surface area contributed by atoms with Gasteiger partial charge >= 0.3 is 0 Å². The lowest BCUT2D eigenvalue weighted by atomic mass is 10.1. The van der Waals surface area contributed by atoms with Gasteiger partial charge in [-0.2, -0.15) is 0 Å². The first-order chi connectivity index (χ1) is 8.65. The van der Waals surface area contributed by atoms with Gasteiger partial charge in [-0.05, 0) is 31.7 Å². The average Bonchev–Trinajstić information content (AvgIpc) is 2.95. The van der Waals surface area contributed by atoms with Crippen molar-refractivity contribution < 1.29 is 0 Å². The Hall–Kier alpha value is -0.680. The number of anilines is 1. The highest BCUT2D eigenvalue weighted by atomic mass is 32.1. The summed E-state index contributed by atoms with van der Waals surface area (Å²) in [5.74, 6) is 0.758. The van der Waals surface area contributed by atoms with E-state index in [1.54, 1.807) is 0 Å². The summed E-state index contributed by atoms with van der Waals surface area (Å²) in [6, 6.07) is 0.744. The Kier molecular flexibility index (Phi) is 4.95. The van der Waals surface area contributed by atoms with Crippen molar-refractivity contribution in [2.24, 2.45) is 5.92 Å². The van der Waals surface area contributed by atoms with E-state index >= 15 is 0 Å². The molecule has 1 aromatic heterocycles. The summed E-state index contributed by atoms with van der Waals surface area (Å²) in [6.45, 7) is 6.67. The number of hydrogen-bond donors (Lipinski definition) is 1. The lowest BCUT2D eigenvalue weighted by Gasteiger charge is -2.28. The maximum Gasteiger partial charge on any atom is 0.203 e. The Labute approximate surface area is 114 Å². The van der Waals surface area contributed by atoms with Crippen LogP contribution in [0.5, 0.6) is 0 Å². The number of aromatic nitrogens is 2. The molecule has 1 aliphatic carbocycles. The van der Waals surface area contributed by atoms with Gasteiger partial charge in [-0.15, -0.1) is 10.2 Å². The first kappa shape index (κ1) is 13.7. The summed E-state index contributed by atoms with van der Waals surface area (Å²) in [4.78, 5) is 2.59. The van der Waals surface area contributed by atoms with Gasteiger partial charge in [-0.3, -0.25) is 4.90 Å². The van der Waals surface area contributed by atoms with Crippen molar-refractivity contribution in [1.82, 2.24) is 15.1 Å². The van der Waals surface area contributed by atoms with Crippen LogP contribution >= 0.6 is 11.3 Å². The molecule has 1 saturated carbocycles. The Morgan fingerprint density at radius 3 is 2.61 bits per heavy atom. The molecule has 2 N–H and O–H groups in total. The van der Waals surface area contributed by atoms with Gasteiger partial charge in [0.25, 0.3) is 0 Å². The van der Waals surface area contributed by atoms with E-state index in [-0.39, 0.29) is 0 Å². The summed E-state index contributed by atoms with van der Waals surface area (Å²) in [6.07, 6.45) is 6.69. The van der Waals surface area contributed by atoms with Crippen molar-refractivity contribution in [3.05, 3.63) is 5.01 Å². The van der Waals surface area contributed by atoms with Gasteiger partial charge in [-0.25, -0.2) is 0 Å². The second-order valence-corrected chi connectivity index (χ2v) is 6.72. The van der Waals surface area contributed by atoms with Crippen molar-refractivity contribution in [2.75, 3.05) is 12.3 Å². The van der Waals surface area contributed by atoms with Gasteiger partial charge in [-0.1, -0.05) is 38.0 Å². The van der Waals surface area contributed by atoms with E-state index in [1.165, 1.54) is 50.0 Å². The zero-order chi connectivity index (χ0) is 13.0. The standard InChI is InChI=1S/C13H24N4S/c1-10(2)7-8-17(11-5-3-4-6-11)9-12-15-16-13(14)18-12/h10-11H,3-9H2,1-2H3,(H2,14,16). The van der Waals surface area contributed by atoms with Crippen LogP contribution in [0.15, 0.2) is 0 Å². The molecule has 0 unspecified atom stereocenters. The fraction of sp³-hybridized carbons (Fsp3) is 0.846. The van der Waals surface area contributed by atoms with E-state index in [0.29, 0.717) is 5.13 Å². The number of nitrogens with two attached hydrogens (primary N) is 1. The Morgan fingerprint density at radius 2 is 2.06 bits per heavy atom. The van der Waals surface area contributed by atoms with Crippen molar-refractivity contribution >= 4 is 16.5 Å². The topological polar surface area (TPSA) is 55.0 Å². The Balaban J connectivity index is 1.94. The minimum Gasteiger partial charge on any atom is -0.374 e. The molecule has 2 rings (SSSR count). The van der Waals surface area contributed by atoms with Crippen LogP contribution in [0.4, 0.5) is 5.13 Å². The molecule has 1 aromatic rings. The summed E-state index contributed by atoms with van der Waals surface area (Å²) in [7, 11) is 0. The van der Waals surface area contributed by atoms with Gasteiger partial charge in [0.2, 0.25) is 5.13 Å². The highest BCUT2D eigenvalue weighted by Gasteiger charge is 2.23. The second kappa shape index (κ2) is 6.48. The number of rotatable bonds is 6. The molecule has 0 spiro atoms. The maximum absolute atomic E-state index is 5.66. The monoisotopic (exact) mass is 268 g/mol. The Bertz CT molecular complexity index is 358. The number of nitrogens with zero attached hydrogens (tertiary/aromatic N) is 3. The maximum atomic E-state index is 5.66. The highest BCUT2D eigenvalue weighted by Crippen LogP contribution is 2.26. The third kappa shape index (κ3) is 3.92. The van der Waals surface area contributed by atoms with E-state index in [0.717, 1.165) is 23.5 Å². The highest BCUT2D eigenvalue weighted by molar-refractivity contribution is 7.15. The van der Waals surface area contributed by atoms with Crippen molar-refractivity contribution in [3.8, 4) is 0 Å². The van der Waals surface area contributed by atoms with E-state index in [9.17, 15) is 0 Å². The lowest BCUT2D eigenvalue weighted by Crippen LogP contribution is -2.34. The summed E-state index contributed by atoms with van der Waals surface area (Å²) in [5.41, 5.74) is 5.66. The normalized spacial score (nSPS) is 17.1. The molecule has 1 aliphatic rings. The molecule has 0 aliphatic heterocycles. The molecule has 0 bridgehead atoms.